The van der Waals surface area contributed by atoms with Gasteiger partial charge in [-0.1, -0.05) is 17.7 Å². The monoisotopic (exact) mass is 312 g/mol. The van der Waals surface area contributed by atoms with Crippen LogP contribution in [0, 0.1) is 0 Å². The van der Waals surface area contributed by atoms with Crippen molar-refractivity contribution in [1.82, 2.24) is 14.7 Å². The van der Waals surface area contributed by atoms with Gasteiger partial charge in [-0.25, -0.2) is 23.1 Å². The predicted molar refractivity (Wildman–Crippen MR) is 77.2 cm³/mol. The Morgan fingerprint density at radius 2 is 1.85 bits per heavy atom. The van der Waals surface area contributed by atoms with Crippen molar-refractivity contribution in [3.05, 3.63) is 47.7 Å². The number of hydrogen-bond acceptors (Lipinski definition) is 5. The zero-order chi connectivity index (χ0) is 14.4. The maximum atomic E-state index is 12.0. The van der Waals surface area contributed by atoms with Crippen molar-refractivity contribution in [3.63, 3.8) is 0 Å². The zero-order valence-corrected chi connectivity index (χ0v) is 12.0. The Balaban J connectivity index is 1.87. The highest BCUT2D eigenvalue weighted by Crippen LogP contribution is 2.14. The normalized spacial score (nSPS) is 11.2. The third-order valence-electron chi connectivity index (χ3n) is 2.37. The lowest BCUT2D eigenvalue weighted by Gasteiger charge is -2.08. The highest BCUT2D eigenvalue weighted by molar-refractivity contribution is 7.89. The summed E-state index contributed by atoms with van der Waals surface area (Å²) in [5.41, 5.74) is 0. The Morgan fingerprint density at radius 3 is 2.55 bits per heavy atom. The molecule has 0 unspecified atom stereocenters. The van der Waals surface area contributed by atoms with Crippen LogP contribution in [-0.2, 0) is 10.0 Å². The van der Waals surface area contributed by atoms with Crippen LogP contribution in [0.15, 0.2) is 47.6 Å². The van der Waals surface area contributed by atoms with E-state index in [0.717, 1.165) is 0 Å². The SMILES string of the molecule is O=S(=O)(NCCNc1ncccn1)c1cccc(Cl)c1. The molecular formula is C12H13ClN4O2S. The Labute approximate surface area is 122 Å². The van der Waals surface area contributed by atoms with Crippen molar-refractivity contribution in [2.75, 3.05) is 18.4 Å². The Hall–Kier alpha value is -1.70. The van der Waals surface area contributed by atoms with E-state index in [0.29, 0.717) is 17.5 Å². The predicted octanol–water partition coefficient (Wildman–Crippen LogP) is 1.52. The van der Waals surface area contributed by atoms with E-state index in [-0.39, 0.29) is 11.4 Å². The summed E-state index contributed by atoms with van der Waals surface area (Å²) >= 11 is 5.77. The van der Waals surface area contributed by atoms with Gasteiger partial charge in [0.15, 0.2) is 0 Å². The van der Waals surface area contributed by atoms with Gasteiger partial charge in [0.25, 0.3) is 0 Å². The second-order valence-corrected chi connectivity index (χ2v) is 6.06. The molecule has 0 bridgehead atoms. The van der Waals surface area contributed by atoms with Crippen LogP contribution >= 0.6 is 11.6 Å². The molecule has 0 spiro atoms. The van der Waals surface area contributed by atoms with E-state index < -0.39 is 10.0 Å². The summed E-state index contributed by atoms with van der Waals surface area (Å²) in [4.78, 5) is 8.07. The van der Waals surface area contributed by atoms with Gasteiger partial charge in [0.05, 0.1) is 4.90 Å². The Bertz CT molecular complexity index is 664. The third-order valence-corrected chi connectivity index (χ3v) is 4.07. The fourth-order valence-corrected chi connectivity index (χ4v) is 2.80. The zero-order valence-electron chi connectivity index (χ0n) is 10.5. The molecule has 0 saturated heterocycles. The van der Waals surface area contributed by atoms with Crippen molar-refractivity contribution < 1.29 is 8.42 Å². The van der Waals surface area contributed by atoms with Crippen LogP contribution in [0.1, 0.15) is 0 Å². The summed E-state index contributed by atoms with van der Waals surface area (Å²) < 4.78 is 26.4. The molecule has 8 heteroatoms. The smallest absolute Gasteiger partial charge is 0.240 e. The molecule has 0 saturated carbocycles. The summed E-state index contributed by atoms with van der Waals surface area (Å²) in [7, 11) is -3.55. The summed E-state index contributed by atoms with van der Waals surface area (Å²) in [6, 6.07) is 7.80. The molecule has 0 fully saturated rings. The Morgan fingerprint density at radius 1 is 1.10 bits per heavy atom. The summed E-state index contributed by atoms with van der Waals surface area (Å²) in [6.07, 6.45) is 3.21. The molecule has 1 aromatic carbocycles. The van der Waals surface area contributed by atoms with E-state index >= 15 is 0 Å². The summed E-state index contributed by atoms with van der Waals surface area (Å²) in [5, 5.41) is 3.28. The van der Waals surface area contributed by atoms with Crippen molar-refractivity contribution in [2.45, 2.75) is 4.90 Å². The molecule has 2 rings (SSSR count). The molecule has 2 N–H and O–H groups in total. The quantitative estimate of drug-likeness (QED) is 0.790. The molecule has 0 aliphatic rings. The van der Waals surface area contributed by atoms with Gasteiger partial charge in [0.1, 0.15) is 0 Å². The lowest BCUT2D eigenvalue weighted by atomic mass is 10.4. The van der Waals surface area contributed by atoms with E-state index in [9.17, 15) is 8.42 Å². The van der Waals surface area contributed by atoms with Gasteiger partial charge < -0.3 is 5.32 Å². The van der Waals surface area contributed by atoms with E-state index in [1.807, 2.05) is 0 Å². The number of rotatable bonds is 6. The van der Waals surface area contributed by atoms with E-state index in [1.165, 1.54) is 12.1 Å². The standard InChI is InChI=1S/C12H13ClN4O2S/c13-10-3-1-4-11(9-10)20(18,19)17-8-7-16-12-14-5-2-6-15-12/h1-6,9,17H,7-8H2,(H,14,15,16). The number of nitrogens with zero attached hydrogens (tertiary/aromatic N) is 2. The molecule has 2 aromatic rings. The molecule has 1 heterocycles. The second kappa shape index (κ2) is 6.65. The minimum Gasteiger partial charge on any atom is -0.353 e. The van der Waals surface area contributed by atoms with Crippen LogP contribution in [-0.4, -0.2) is 31.5 Å². The van der Waals surface area contributed by atoms with Crippen LogP contribution in [0.4, 0.5) is 5.95 Å². The number of nitrogens with one attached hydrogen (secondary N) is 2. The lowest BCUT2D eigenvalue weighted by Crippen LogP contribution is -2.29. The lowest BCUT2D eigenvalue weighted by molar-refractivity contribution is 0.583. The number of halogens is 1. The third kappa shape index (κ3) is 4.16. The molecule has 0 radical (unpaired) electrons. The average Bonchev–Trinajstić information content (AvgIpc) is 2.45. The maximum Gasteiger partial charge on any atom is 0.240 e. The highest BCUT2D eigenvalue weighted by atomic mass is 35.5. The van der Waals surface area contributed by atoms with Gasteiger partial charge in [-0.3, -0.25) is 0 Å². The fourth-order valence-electron chi connectivity index (χ4n) is 1.47. The van der Waals surface area contributed by atoms with Crippen LogP contribution in [0.25, 0.3) is 0 Å². The molecule has 0 aliphatic heterocycles. The van der Waals surface area contributed by atoms with Crippen molar-refractivity contribution in [1.29, 1.82) is 0 Å². The average molecular weight is 313 g/mol. The first-order valence-electron chi connectivity index (χ1n) is 5.84. The van der Waals surface area contributed by atoms with Gasteiger partial charge >= 0.3 is 0 Å². The van der Waals surface area contributed by atoms with E-state index in [4.69, 9.17) is 11.6 Å². The molecule has 0 amide bonds. The Kier molecular flexibility index (Phi) is 4.89. The van der Waals surface area contributed by atoms with Crippen LogP contribution in [0.5, 0.6) is 0 Å². The molecule has 1 aromatic heterocycles. The van der Waals surface area contributed by atoms with Crippen LogP contribution in [0.3, 0.4) is 0 Å². The minimum absolute atomic E-state index is 0.140. The molecule has 6 nitrogen and oxygen atoms in total. The highest BCUT2D eigenvalue weighted by Gasteiger charge is 2.13. The topological polar surface area (TPSA) is 84.0 Å². The summed E-state index contributed by atoms with van der Waals surface area (Å²) in [5.74, 6) is 0.453. The molecule has 0 aliphatic carbocycles. The van der Waals surface area contributed by atoms with Crippen LogP contribution < -0.4 is 10.0 Å². The maximum absolute atomic E-state index is 12.0. The number of benzene rings is 1. The van der Waals surface area contributed by atoms with Gasteiger partial charge in [-0.15, -0.1) is 0 Å². The molecular weight excluding hydrogens is 300 g/mol. The van der Waals surface area contributed by atoms with Gasteiger partial charge in [-0.05, 0) is 24.3 Å². The number of aromatic nitrogens is 2. The van der Waals surface area contributed by atoms with Crippen molar-refractivity contribution in [3.8, 4) is 0 Å². The fraction of sp³-hybridized carbons (Fsp3) is 0.167. The first-order chi connectivity index (χ1) is 9.58. The molecule has 106 valence electrons. The molecule has 20 heavy (non-hydrogen) atoms. The van der Waals surface area contributed by atoms with Crippen molar-refractivity contribution in [2.24, 2.45) is 0 Å². The van der Waals surface area contributed by atoms with Crippen molar-refractivity contribution >= 4 is 27.6 Å². The minimum atomic E-state index is -3.55. The summed E-state index contributed by atoms with van der Waals surface area (Å²) in [6.45, 7) is 0.594. The first kappa shape index (κ1) is 14.7. The number of anilines is 1. The largest absolute Gasteiger partial charge is 0.353 e. The van der Waals surface area contributed by atoms with Gasteiger partial charge in [0, 0.05) is 30.5 Å². The van der Waals surface area contributed by atoms with Crippen LogP contribution in [0.2, 0.25) is 5.02 Å². The van der Waals surface area contributed by atoms with Gasteiger partial charge in [0.2, 0.25) is 16.0 Å². The number of hydrogen-bond donors (Lipinski definition) is 2. The molecule has 0 atom stereocenters. The van der Waals surface area contributed by atoms with Gasteiger partial charge in [-0.2, -0.15) is 0 Å². The number of sulfonamides is 1. The van der Waals surface area contributed by atoms with E-state index in [2.05, 4.69) is 20.0 Å². The van der Waals surface area contributed by atoms with E-state index in [1.54, 1.807) is 30.6 Å². The second-order valence-electron chi connectivity index (χ2n) is 3.85. The first-order valence-corrected chi connectivity index (χ1v) is 7.70.